The molecule has 0 aliphatic carbocycles. The van der Waals surface area contributed by atoms with Crippen LogP contribution in [0, 0.1) is 0 Å². The van der Waals surface area contributed by atoms with Gasteiger partial charge in [0, 0.05) is 9.50 Å². The molecule has 1 aromatic heterocycles. The van der Waals surface area contributed by atoms with E-state index < -0.39 is 0 Å². The van der Waals surface area contributed by atoms with Gasteiger partial charge in [-0.3, -0.25) is 0 Å². The summed E-state index contributed by atoms with van der Waals surface area (Å²) in [6.45, 7) is 0. The van der Waals surface area contributed by atoms with Crippen molar-refractivity contribution in [3.8, 4) is 0 Å². The molecule has 1 N–H and O–H groups in total. The fourth-order valence-electron chi connectivity index (χ4n) is 2.79. The molecule has 4 rings (SSSR count). The molecule has 2 heterocycles. The predicted molar refractivity (Wildman–Crippen MR) is 89.3 cm³/mol. The number of hydrogen-bond donors (Lipinski definition) is 1. The first kappa shape index (κ1) is 13.8. The number of halogens is 2. The normalized spacial score (nSPS) is 16.8. The minimum Gasteiger partial charge on any atom is -0.327 e. The van der Waals surface area contributed by atoms with Gasteiger partial charge in [0.2, 0.25) is 0 Å². The number of nitrogens with zero attached hydrogens (tertiary/aromatic N) is 2. The zero-order valence-corrected chi connectivity index (χ0v) is 13.7. The van der Waals surface area contributed by atoms with Gasteiger partial charge in [0.1, 0.15) is 5.82 Å². The lowest BCUT2D eigenvalue weighted by Crippen LogP contribution is -2.22. The number of amides is 1. The molecule has 1 aliphatic heterocycles. The zero-order chi connectivity index (χ0) is 15.3. The summed E-state index contributed by atoms with van der Waals surface area (Å²) in [7, 11) is 0. The Bertz CT molecular complexity index is 888. The molecule has 1 unspecified atom stereocenters. The van der Waals surface area contributed by atoms with Crippen molar-refractivity contribution in [2.75, 3.05) is 0 Å². The van der Waals surface area contributed by atoms with E-state index >= 15 is 0 Å². The minimum atomic E-state index is -0.151. The summed E-state index contributed by atoms with van der Waals surface area (Å²) in [6.07, 6.45) is 0.704. The summed E-state index contributed by atoms with van der Waals surface area (Å²) in [5, 5.41) is 3.58. The lowest BCUT2D eigenvalue weighted by molar-refractivity contribution is 0.245. The number of carbonyl (C=O) groups excluding carboxylic acids is 1. The van der Waals surface area contributed by atoms with E-state index in [9.17, 15) is 4.79 Å². The van der Waals surface area contributed by atoms with Crippen LogP contribution in [0.15, 0.2) is 46.9 Å². The van der Waals surface area contributed by atoms with Crippen LogP contribution >= 0.6 is 27.5 Å². The molecule has 1 amide bonds. The summed E-state index contributed by atoms with van der Waals surface area (Å²) < 4.78 is 2.65. The molecule has 1 atom stereocenters. The van der Waals surface area contributed by atoms with Crippen LogP contribution in [0.25, 0.3) is 11.0 Å². The molecule has 0 spiro atoms. The highest BCUT2D eigenvalue weighted by Gasteiger charge is 2.32. The Morgan fingerprint density at radius 3 is 2.77 bits per heavy atom. The van der Waals surface area contributed by atoms with E-state index in [1.807, 2.05) is 30.3 Å². The van der Waals surface area contributed by atoms with Gasteiger partial charge in [-0.25, -0.2) is 14.3 Å². The fourth-order valence-corrected chi connectivity index (χ4v) is 3.22. The Kier molecular flexibility index (Phi) is 3.20. The molecule has 0 fully saturated rings. The van der Waals surface area contributed by atoms with Gasteiger partial charge in [-0.05, 0) is 42.3 Å². The van der Waals surface area contributed by atoms with Gasteiger partial charge in [0.15, 0.2) is 0 Å². The van der Waals surface area contributed by atoms with E-state index in [4.69, 9.17) is 11.6 Å². The van der Waals surface area contributed by atoms with Gasteiger partial charge in [0.25, 0.3) is 0 Å². The SMILES string of the molecule is O=C1NC(Cc2ccc(Br)cc2)c2nc3ccc(Cl)cc3n21. The second-order valence-electron chi connectivity index (χ2n) is 5.27. The number of hydrogen-bond acceptors (Lipinski definition) is 2. The highest BCUT2D eigenvalue weighted by Crippen LogP contribution is 2.29. The van der Waals surface area contributed by atoms with Crippen LogP contribution in [0.2, 0.25) is 5.02 Å². The van der Waals surface area contributed by atoms with Crippen molar-refractivity contribution in [2.24, 2.45) is 0 Å². The number of benzene rings is 2. The lowest BCUT2D eigenvalue weighted by atomic mass is 10.1. The topological polar surface area (TPSA) is 46.9 Å². The first-order valence-electron chi connectivity index (χ1n) is 6.85. The molecule has 6 heteroatoms. The third-order valence-electron chi connectivity index (χ3n) is 3.81. The number of carbonyl (C=O) groups is 1. The van der Waals surface area contributed by atoms with Crippen molar-refractivity contribution >= 4 is 44.6 Å². The number of imidazole rings is 1. The van der Waals surface area contributed by atoms with Crippen LogP contribution in [-0.2, 0) is 6.42 Å². The van der Waals surface area contributed by atoms with Crippen molar-refractivity contribution in [2.45, 2.75) is 12.5 Å². The van der Waals surface area contributed by atoms with E-state index in [2.05, 4.69) is 26.2 Å². The molecule has 0 saturated carbocycles. The largest absolute Gasteiger partial charge is 0.328 e. The molecule has 4 nitrogen and oxygen atoms in total. The first-order chi connectivity index (χ1) is 10.6. The van der Waals surface area contributed by atoms with E-state index in [0.29, 0.717) is 11.4 Å². The molecule has 2 aromatic carbocycles. The van der Waals surface area contributed by atoms with Crippen molar-refractivity contribution < 1.29 is 4.79 Å². The summed E-state index contributed by atoms with van der Waals surface area (Å²) >= 11 is 9.45. The molecule has 0 bridgehead atoms. The van der Waals surface area contributed by atoms with Gasteiger partial charge < -0.3 is 5.32 Å². The Hall–Kier alpha value is -1.85. The first-order valence-corrected chi connectivity index (χ1v) is 8.02. The maximum absolute atomic E-state index is 12.3. The van der Waals surface area contributed by atoms with Crippen LogP contribution in [0.3, 0.4) is 0 Å². The smallest absolute Gasteiger partial charge is 0.327 e. The summed E-state index contributed by atoms with van der Waals surface area (Å²) in [4.78, 5) is 16.9. The molecule has 1 aliphatic rings. The Morgan fingerprint density at radius 1 is 1.23 bits per heavy atom. The Labute approximate surface area is 140 Å². The number of fused-ring (bicyclic) bond motifs is 3. The third kappa shape index (κ3) is 2.21. The van der Waals surface area contributed by atoms with E-state index in [-0.39, 0.29) is 12.1 Å². The summed E-state index contributed by atoms with van der Waals surface area (Å²) in [6, 6.07) is 13.2. The molecule has 0 saturated heterocycles. The number of rotatable bonds is 2. The molecule has 22 heavy (non-hydrogen) atoms. The molecule has 110 valence electrons. The Balaban J connectivity index is 1.75. The summed E-state index contributed by atoms with van der Waals surface area (Å²) in [5.74, 6) is 0.741. The Morgan fingerprint density at radius 2 is 2.00 bits per heavy atom. The number of nitrogens with one attached hydrogen (secondary N) is 1. The second kappa shape index (κ2) is 5.11. The van der Waals surface area contributed by atoms with Crippen LogP contribution in [0.5, 0.6) is 0 Å². The van der Waals surface area contributed by atoms with Crippen LogP contribution < -0.4 is 5.32 Å². The lowest BCUT2D eigenvalue weighted by Gasteiger charge is -2.08. The molecular weight excluding hydrogens is 366 g/mol. The van der Waals surface area contributed by atoms with E-state index in [1.54, 1.807) is 16.7 Å². The second-order valence-corrected chi connectivity index (χ2v) is 6.62. The molecule has 0 radical (unpaired) electrons. The minimum absolute atomic E-state index is 0.125. The van der Waals surface area contributed by atoms with Crippen molar-refractivity contribution in [3.63, 3.8) is 0 Å². The van der Waals surface area contributed by atoms with Gasteiger partial charge in [-0.1, -0.05) is 39.7 Å². The zero-order valence-electron chi connectivity index (χ0n) is 11.4. The average molecular weight is 377 g/mol. The highest BCUT2D eigenvalue weighted by atomic mass is 79.9. The quantitative estimate of drug-likeness (QED) is 0.724. The fraction of sp³-hybridized carbons (Fsp3) is 0.125. The third-order valence-corrected chi connectivity index (χ3v) is 4.57. The maximum atomic E-state index is 12.3. The highest BCUT2D eigenvalue weighted by molar-refractivity contribution is 9.10. The van der Waals surface area contributed by atoms with E-state index in [0.717, 1.165) is 26.9 Å². The number of aromatic nitrogens is 2. The van der Waals surface area contributed by atoms with Gasteiger partial charge in [-0.2, -0.15) is 0 Å². The van der Waals surface area contributed by atoms with E-state index in [1.165, 1.54) is 0 Å². The van der Waals surface area contributed by atoms with Gasteiger partial charge >= 0.3 is 6.03 Å². The van der Waals surface area contributed by atoms with Crippen LogP contribution in [0.4, 0.5) is 4.79 Å². The van der Waals surface area contributed by atoms with Gasteiger partial charge in [0.05, 0.1) is 17.1 Å². The average Bonchev–Trinajstić information content (AvgIpc) is 3.00. The van der Waals surface area contributed by atoms with Crippen LogP contribution in [-0.4, -0.2) is 15.6 Å². The van der Waals surface area contributed by atoms with Crippen LogP contribution in [0.1, 0.15) is 17.4 Å². The van der Waals surface area contributed by atoms with Crippen molar-refractivity contribution in [3.05, 3.63) is 63.3 Å². The van der Waals surface area contributed by atoms with Gasteiger partial charge in [-0.15, -0.1) is 0 Å². The summed E-state index contributed by atoms with van der Waals surface area (Å²) in [5.41, 5.74) is 2.68. The molecular formula is C16H11BrClN3O. The predicted octanol–water partition coefficient (Wildman–Crippen LogP) is 4.31. The van der Waals surface area contributed by atoms with Crippen molar-refractivity contribution in [1.29, 1.82) is 0 Å². The standard InChI is InChI=1S/C16H11BrClN3O/c17-10-3-1-9(2-4-10)7-13-15-19-12-6-5-11(18)8-14(12)21(15)16(22)20-13/h1-6,8,13H,7H2,(H,20,22). The van der Waals surface area contributed by atoms with Crippen molar-refractivity contribution in [1.82, 2.24) is 14.9 Å². The molecule has 3 aromatic rings. The maximum Gasteiger partial charge on any atom is 0.328 e. The monoisotopic (exact) mass is 375 g/mol.